The van der Waals surface area contributed by atoms with E-state index in [1.54, 1.807) is 37.4 Å². The number of halogens is 1. The molecule has 8 heteroatoms. The van der Waals surface area contributed by atoms with Crippen LogP contribution in [0.4, 0.5) is 5.69 Å². The van der Waals surface area contributed by atoms with Crippen LogP contribution in [0.1, 0.15) is 18.4 Å². The molecular weight excluding hydrogens is 426 g/mol. The number of nitrogens with one attached hydrogen (secondary N) is 3. The molecule has 7 nitrogen and oxygen atoms in total. The van der Waals surface area contributed by atoms with Crippen molar-refractivity contribution < 1.29 is 19.1 Å². The van der Waals surface area contributed by atoms with Crippen LogP contribution in [-0.2, 0) is 9.59 Å². The molecule has 0 saturated carbocycles. The minimum absolute atomic E-state index is 0.0301. The standard InChI is InChI=1S/C20H22BrN3O4/c1-13(17-9-8-16(27-2)12-18(17)28-3)23-24-20(26)11-10-19(25)22-15-6-4-14(21)5-7-15/h4-9,12,23H,1,10-11H2,2-3H3,(H,22,25)(H,24,26). The molecule has 0 fully saturated rings. The largest absolute Gasteiger partial charge is 0.497 e. The van der Waals surface area contributed by atoms with Gasteiger partial charge in [0.15, 0.2) is 0 Å². The van der Waals surface area contributed by atoms with E-state index in [1.807, 2.05) is 12.1 Å². The van der Waals surface area contributed by atoms with Gasteiger partial charge in [0, 0.05) is 34.6 Å². The van der Waals surface area contributed by atoms with Crippen LogP contribution in [0, 0.1) is 0 Å². The van der Waals surface area contributed by atoms with Gasteiger partial charge in [0.25, 0.3) is 0 Å². The first kappa shape index (κ1) is 21.3. The average molecular weight is 448 g/mol. The molecule has 148 valence electrons. The maximum atomic E-state index is 12.0. The number of carbonyl (C=O) groups excluding carboxylic acids is 2. The Morgan fingerprint density at radius 2 is 1.64 bits per heavy atom. The highest BCUT2D eigenvalue weighted by Crippen LogP contribution is 2.28. The van der Waals surface area contributed by atoms with Crippen LogP contribution < -0.4 is 25.6 Å². The molecule has 2 rings (SSSR count). The number of hydrogen-bond acceptors (Lipinski definition) is 5. The first-order chi connectivity index (χ1) is 13.4. The minimum atomic E-state index is -0.334. The third-order valence-electron chi connectivity index (χ3n) is 3.79. The molecule has 0 aliphatic carbocycles. The van der Waals surface area contributed by atoms with Gasteiger partial charge in [0.05, 0.1) is 19.9 Å². The molecule has 28 heavy (non-hydrogen) atoms. The third kappa shape index (κ3) is 6.31. The van der Waals surface area contributed by atoms with E-state index < -0.39 is 0 Å². The lowest BCUT2D eigenvalue weighted by molar-refractivity contribution is -0.124. The second kappa shape index (κ2) is 10.4. The Hall–Kier alpha value is -3.00. The van der Waals surface area contributed by atoms with Gasteiger partial charge >= 0.3 is 0 Å². The zero-order valence-corrected chi connectivity index (χ0v) is 17.3. The quantitative estimate of drug-likeness (QED) is 0.512. The van der Waals surface area contributed by atoms with Crippen molar-refractivity contribution in [2.24, 2.45) is 0 Å². The summed E-state index contributed by atoms with van der Waals surface area (Å²) >= 11 is 3.33. The van der Waals surface area contributed by atoms with Gasteiger partial charge in [-0.2, -0.15) is 0 Å². The molecule has 0 aliphatic rings. The van der Waals surface area contributed by atoms with Crippen LogP contribution in [0.25, 0.3) is 5.70 Å². The number of hydrogen-bond donors (Lipinski definition) is 3. The third-order valence-corrected chi connectivity index (χ3v) is 4.32. The van der Waals surface area contributed by atoms with Crippen LogP contribution in [-0.4, -0.2) is 26.0 Å². The Bertz CT molecular complexity index is 853. The van der Waals surface area contributed by atoms with Crippen LogP contribution in [0.2, 0.25) is 0 Å². The Kier molecular flexibility index (Phi) is 7.88. The van der Waals surface area contributed by atoms with Crippen molar-refractivity contribution >= 4 is 39.1 Å². The molecule has 0 atom stereocenters. The van der Waals surface area contributed by atoms with Gasteiger partial charge in [-0.3, -0.25) is 20.4 Å². The van der Waals surface area contributed by atoms with Gasteiger partial charge in [-0.05, 0) is 36.4 Å². The first-order valence-electron chi connectivity index (χ1n) is 8.44. The molecule has 2 aromatic carbocycles. The normalized spacial score (nSPS) is 9.96. The maximum Gasteiger partial charge on any atom is 0.238 e. The van der Waals surface area contributed by atoms with Gasteiger partial charge < -0.3 is 14.8 Å². The fraction of sp³-hybridized carbons (Fsp3) is 0.200. The van der Waals surface area contributed by atoms with Crippen molar-refractivity contribution in [1.29, 1.82) is 0 Å². The van der Waals surface area contributed by atoms with Gasteiger partial charge in [-0.1, -0.05) is 22.5 Å². The fourth-order valence-corrected chi connectivity index (χ4v) is 2.57. The topological polar surface area (TPSA) is 88.7 Å². The highest BCUT2D eigenvalue weighted by molar-refractivity contribution is 9.10. The van der Waals surface area contributed by atoms with Crippen molar-refractivity contribution in [2.75, 3.05) is 19.5 Å². The second-order valence-electron chi connectivity index (χ2n) is 5.77. The SMILES string of the molecule is C=C(NNC(=O)CCC(=O)Nc1ccc(Br)cc1)c1ccc(OC)cc1OC. The zero-order chi connectivity index (χ0) is 20.5. The van der Waals surface area contributed by atoms with Gasteiger partial charge in [-0.15, -0.1) is 0 Å². The zero-order valence-electron chi connectivity index (χ0n) is 15.7. The molecule has 0 radical (unpaired) electrons. The molecule has 2 amide bonds. The van der Waals surface area contributed by atoms with Gasteiger partial charge in [0.2, 0.25) is 11.8 Å². The first-order valence-corrected chi connectivity index (χ1v) is 9.24. The molecule has 2 aromatic rings. The lowest BCUT2D eigenvalue weighted by Gasteiger charge is -2.15. The number of amides is 2. The number of anilines is 1. The molecular formula is C20H22BrN3O4. The molecule has 3 N–H and O–H groups in total. The Balaban J connectivity index is 1.79. The second-order valence-corrected chi connectivity index (χ2v) is 6.69. The molecule has 0 unspecified atom stereocenters. The van der Waals surface area contributed by atoms with Crippen molar-refractivity contribution in [3.63, 3.8) is 0 Å². The van der Waals surface area contributed by atoms with Crippen LogP contribution in [0.5, 0.6) is 11.5 Å². The summed E-state index contributed by atoms with van der Waals surface area (Å²) in [5.74, 6) is 0.627. The number of benzene rings is 2. The van der Waals surface area contributed by atoms with E-state index in [2.05, 4.69) is 38.7 Å². The molecule has 0 heterocycles. The van der Waals surface area contributed by atoms with Crippen LogP contribution in [0.3, 0.4) is 0 Å². The number of methoxy groups -OCH3 is 2. The summed E-state index contributed by atoms with van der Waals surface area (Å²) < 4.78 is 11.4. The van der Waals surface area contributed by atoms with Crippen molar-refractivity contribution in [3.8, 4) is 11.5 Å². The summed E-state index contributed by atoms with van der Waals surface area (Å²) in [7, 11) is 3.10. The Morgan fingerprint density at radius 1 is 0.964 bits per heavy atom. The summed E-state index contributed by atoms with van der Waals surface area (Å²) in [4.78, 5) is 23.9. The summed E-state index contributed by atoms with van der Waals surface area (Å²) in [5.41, 5.74) is 7.07. The van der Waals surface area contributed by atoms with E-state index in [0.717, 1.165) is 4.47 Å². The summed E-state index contributed by atoms with van der Waals surface area (Å²) in [5, 5.41) is 2.73. The van der Waals surface area contributed by atoms with E-state index in [4.69, 9.17) is 9.47 Å². The van der Waals surface area contributed by atoms with Crippen LogP contribution >= 0.6 is 15.9 Å². The smallest absolute Gasteiger partial charge is 0.238 e. The highest BCUT2D eigenvalue weighted by atomic mass is 79.9. The molecule has 0 bridgehead atoms. The average Bonchev–Trinajstić information content (AvgIpc) is 2.71. The predicted molar refractivity (Wildman–Crippen MR) is 112 cm³/mol. The Labute approximate surface area is 172 Å². The fourth-order valence-electron chi connectivity index (χ4n) is 2.31. The maximum absolute atomic E-state index is 12.0. The van der Waals surface area contributed by atoms with Gasteiger partial charge in [-0.25, -0.2) is 0 Å². The minimum Gasteiger partial charge on any atom is -0.497 e. The lowest BCUT2D eigenvalue weighted by Crippen LogP contribution is -2.36. The number of carbonyl (C=O) groups is 2. The van der Waals surface area contributed by atoms with E-state index in [-0.39, 0.29) is 24.7 Å². The summed E-state index contributed by atoms with van der Waals surface area (Å²) in [6, 6.07) is 12.4. The van der Waals surface area contributed by atoms with Crippen molar-refractivity contribution in [3.05, 3.63) is 59.1 Å². The van der Waals surface area contributed by atoms with E-state index in [1.165, 1.54) is 7.11 Å². The Morgan fingerprint density at radius 3 is 2.29 bits per heavy atom. The lowest BCUT2D eigenvalue weighted by atomic mass is 10.1. The van der Waals surface area contributed by atoms with Crippen molar-refractivity contribution in [2.45, 2.75) is 12.8 Å². The molecule has 0 saturated heterocycles. The van der Waals surface area contributed by atoms with Crippen LogP contribution in [0.15, 0.2) is 53.5 Å². The van der Waals surface area contributed by atoms with E-state index in [0.29, 0.717) is 28.4 Å². The number of rotatable bonds is 9. The molecule has 0 spiro atoms. The van der Waals surface area contributed by atoms with E-state index in [9.17, 15) is 9.59 Å². The van der Waals surface area contributed by atoms with E-state index >= 15 is 0 Å². The number of hydrazine groups is 1. The number of ether oxygens (including phenoxy) is 2. The molecule has 0 aliphatic heterocycles. The predicted octanol–water partition coefficient (Wildman–Crippen LogP) is 3.48. The van der Waals surface area contributed by atoms with Crippen molar-refractivity contribution in [1.82, 2.24) is 10.9 Å². The monoisotopic (exact) mass is 447 g/mol. The molecule has 0 aromatic heterocycles. The van der Waals surface area contributed by atoms with Gasteiger partial charge in [0.1, 0.15) is 11.5 Å². The summed E-state index contributed by atoms with van der Waals surface area (Å²) in [6.07, 6.45) is 0.0876. The highest BCUT2D eigenvalue weighted by Gasteiger charge is 2.11. The summed E-state index contributed by atoms with van der Waals surface area (Å²) in [6.45, 7) is 3.89.